The van der Waals surface area contributed by atoms with Crippen molar-refractivity contribution in [1.29, 1.82) is 0 Å². The highest BCUT2D eigenvalue weighted by Gasteiger charge is 2.17. The van der Waals surface area contributed by atoms with Crippen molar-refractivity contribution in [3.63, 3.8) is 0 Å². The summed E-state index contributed by atoms with van der Waals surface area (Å²) in [4.78, 5) is 2.58. The molecule has 1 unspecified atom stereocenters. The minimum atomic E-state index is 0.746. The average molecular weight is 226 g/mol. The lowest BCUT2D eigenvalue weighted by molar-refractivity contribution is 0.183. The predicted molar refractivity (Wildman–Crippen MR) is 71.8 cm³/mol. The van der Waals surface area contributed by atoms with Crippen LogP contribution in [0.4, 0.5) is 0 Å². The largest absolute Gasteiger partial charge is 0.320 e. The molecule has 0 aromatic heterocycles. The third kappa shape index (κ3) is 5.31. The molecular formula is C14H30N2. The lowest BCUT2D eigenvalue weighted by Gasteiger charge is -2.31. The maximum Gasteiger partial charge on any atom is 0.00644 e. The van der Waals surface area contributed by atoms with Crippen molar-refractivity contribution in [3.05, 3.63) is 0 Å². The topological polar surface area (TPSA) is 15.3 Å². The Morgan fingerprint density at radius 1 is 1.25 bits per heavy atom. The van der Waals surface area contributed by atoms with Gasteiger partial charge >= 0.3 is 0 Å². The standard InChI is InChI=1S/C14H30N2/c1-13(8-7-11-15-2)16(3)12-14-9-5-4-6-10-14/h13-15H,4-12H2,1-3H3. The van der Waals surface area contributed by atoms with E-state index in [1.807, 2.05) is 7.05 Å². The van der Waals surface area contributed by atoms with Gasteiger partial charge in [0.25, 0.3) is 0 Å². The van der Waals surface area contributed by atoms with Crippen molar-refractivity contribution >= 4 is 0 Å². The predicted octanol–water partition coefficient (Wildman–Crippen LogP) is 2.89. The van der Waals surface area contributed by atoms with E-state index in [-0.39, 0.29) is 0 Å². The molecule has 0 spiro atoms. The van der Waals surface area contributed by atoms with Gasteiger partial charge in [0, 0.05) is 12.6 Å². The third-order valence-corrected chi connectivity index (χ3v) is 4.07. The lowest BCUT2D eigenvalue weighted by Crippen LogP contribution is -2.34. The van der Waals surface area contributed by atoms with Crippen molar-refractivity contribution in [2.75, 3.05) is 27.2 Å². The molecule has 2 heteroatoms. The Kier molecular flexibility index (Phi) is 7.06. The second kappa shape index (κ2) is 8.08. The fourth-order valence-corrected chi connectivity index (χ4v) is 2.75. The quantitative estimate of drug-likeness (QED) is 0.672. The Balaban J connectivity index is 2.14. The minimum absolute atomic E-state index is 0.746. The van der Waals surface area contributed by atoms with E-state index in [9.17, 15) is 0 Å². The molecule has 0 aromatic rings. The maximum atomic E-state index is 3.22. The van der Waals surface area contributed by atoms with Crippen LogP contribution in [0, 0.1) is 5.92 Å². The Hall–Kier alpha value is -0.0800. The van der Waals surface area contributed by atoms with Crippen LogP contribution in [0.15, 0.2) is 0 Å². The highest BCUT2D eigenvalue weighted by Crippen LogP contribution is 2.24. The van der Waals surface area contributed by atoms with Crippen LogP contribution in [-0.2, 0) is 0 Å². The molecule has 0 heterocycles. The van der Waals surface area contributed by atoms with E-state index in [0.29, 0.717) is 0 Å². The van der Waals surface area contributed by atoms with Crippen LogP contribution in [0.1, 0.15) is 51.9 Å². The van der Waals surface area contributed by atoms with Gasteiger partial charge < -0.3 is 10.2 Å². The smallest absolute Gasteiger partial charge is 0.00644 e. The Bertz CT molecular complexity index is 164. The van der Waals surface area contributed by atoms with Gasteiger partial charge in [-0.25, -0.2) is 0 Å². The summed E-state index contributed by atoms with van der Waals surface area (Å²) in [5.74, 6) is 0.977. The molecule has 16 heavy (non-hydrogen) atoms. The first-order valence-corrected chi connectivity index (χ1v) is 7.09. The van der Waals surface area contributed by atoms with Gasteiger partial charge in [0.15, 0.2) is 0 Å². The van der Waals surface area contributed by atoms with Gasteiger partial charge in [0.2, 0.25) is 0 Å². The fourth-order valence-electron chi connectivity index (χ4n) is 2.75. The van der Waals surface area contributed by atoms with Gasteiger partial charge in [-0.2, -0.15) is 0 Å². The first-order valence-electron chi connectivity index (χ1n) is 7.09. The summed E-state index contributed by atoms with van der Waals surface area (Å²) in [7, 11) is 4.34. The van der Waals surface area contributed by atoms with Gasteiger partial charge in [0.1, 0.15) is 0 Å². The van der Waals surface area contributed by atoms with E-state index in [4.69, 9.17) is 0 Å². The second-order valence-electron chi connectivity index (χ2n) is 5.54. The van der Waals surface area contributed by atoms with Crippen LogP contribution in [0.25, 0.3) is 0 Å². The zero-order chi connectivity index (χ0) is 11.8. The van der Waals surface area contributed by atoms with E-state index in [2.05, 4.69) is 24.2 Å². The van der Waals surface area contributed by atoms with Crippen LogP contribution < -0.4 is 5.32 Å². The number of hydrogen-bond acceptors (Lipinski definition) is 2. The van der Waals surface area contributed by atoms with Crippen LogP contribution in [0.5, 0.6) is 0 Å². The van der Waals surface area contributed by atoms with Crippen molar-refractivity contribution in [2.24, 2.45) is 5.92 Å². The highest BCUT2D eigenvalue weighted by atomic mass is 15.1. The monoisotopic (exact) mass is 226 g/mol. The summed E-state index contributed by atoms with van der Waals surface area (Å²) in [5.41, 5.74) is 0. The molecule has 0 amide bonds. The highest BCUT2D eigenvalue weighted by molar-refractivity contribution is 4.72. The van der Waals surface area contributed by atoms with Crippen molar-refractivity contribution in [2.45, 2.75) is 57.9 Å². The van der Waals surface area contributed by atoms with Gasteiger partial charge in [-0.3, -0.25) is 0 Å². The van der Waals surface area contributed by atoms with Gasteiger partial charge in [-0.1, -0.05) is 19.3 Å². The van der Waals surface area contributed by atoms with Gasteiger partial charge in [0.05, 0.1) is 0 Å². The van der Waals surface area contributed by atoms with E-state index in [0.717, 1.165) is 18.5 Å². The Morgan fingerprint density at radius 3 is 2.56 bits per heavy atom. The summed E-state index contributed by atoms with van der Waals surface area (Å²) in [6.07, 6.45) is 9.95. The minimum Gasteiger partial charge on any atom is -0.320 e. The van der Waals surface area contributed by atoms with Crippen LogP contribution in [0.3, 0.4) is 0 Å². The molecule has 1 atom stereocenters. The number of rotatable bonds is 7. The molecule has 2 nitrogen and oxygen atoms in total. The first-order chi connectivity index (χ1) is 7.74. The molecule has 1 fully saturated rings. The molecule has 0 bridgehead atoms. The van der Waals surface area contributed by atoms with Crippen molar-refractivity contribution < 1.29 is 0 Å². The molecular weight excluding hydrogens is 196 g/mol. The molecule has 1 saturated carbocycles. The normalized spacial score (nSPS) is 20.2. The van der Waals surface area contributed by atoms with E-state index < -0.39 is 0 Å². The molecule has 1 aliphatic rings. The summed E-state index contributed by atoms with van der Waals surface area (Å²) in [6.45, 7) is 4.85. The van der Waals surface area contributed by atoms with Gasteiger partial charge in [-0.15, -0.1) is 0 Å². The zero-order valence-corrected chi connectivity index (χ0v) is 11.5. The maximum absolute atomic E-state index is 3.22. The first kappa shape index (κ1) is 14.0. The second-order valence-corrected chi connectivity index (χ2v) is 5.54. The summed E-state index contributed by atoms with van der Waals surface area (Å²) >= 11 is 0. The van der Waals surface area contributed by atoms with Crippen LogP contribution >= 0.6 is 0 Å². The third-order valence-electron chi connectivity index (χ3n) is 4.07. The lowest BCUT2D eigenvalue weighted by atomic mass is 9.88. The van der Waals surface area contributed by atoms with Crippen molar-refractivity contribution in [3.8, 4) is 0 Å². The SMILES string of the molecule is CNCCCC(C)N(C)CC1CCCCC1. The molecule has 1 rings (SSSR count). The molecule has 0 aliphatic heterocycles. The fraction of sp³-hybridized carbons (Fsp3) is 1.00. The number of nitrogens with one attached hydrogen (secondary N) is 1. The molecule has 0 radical (unpaired) electrons. The van der Waals surface area contributed by atoms with E-state index in [1.165, 1.54) is 51.5 Å². The van der Waals surface area contributed by atoms with Crippen molar-refractivity contribution in [1.82, 2.24) is 10.2 Å². The molecule has 0 aromatic carbocycles. The van der Waals surface area contributed by atoms with E-state index in [1.54, 1.807) is 0 Å². The summed E-state index contributed by atoms with van der Waals surface area (Å²) in [6, 6.07) is 0.746. The number of hydrogen-bond donors (Lipinski definition) is 1. The Morgan fingerprint density at radius 2 is 1.94 bits per heavy atom. The average Bonchev–Trinajstić information content (AvgIpc) is 2.30. The molecule has 96 valence electrons. The van der Waals surface area contributed by atoms with Crippen LogP contribution in [-0.4, -0.2) is 38.1 Å². The summed E-state index contributed by atoms with van der Waals surface area (Å²) < 4.78 is 0. The van der Waals surface area contributed by atoms with E-state index >= 15 is 0 Å². The summed E-state index contributed by atoms with van der Waals surface area (Å²) in [5, 5.41) is 3.22. The number of nitrogens with zero attached hydrogens (tertiary/aromatic N) is 1. The molecule has 0 saturated heterocycles. The molecule has 1 N–H and O–H groups in total. The Labute approximate surface area is 102 Å². The van der Waals surface area contributed by atoms with Gasteiger partial charge in [-0.05, 0) is 59.2 Å². The molecule has 1 aliphatic carbocycles. The van der Waals surface area contributed by atoms with Crippen LogP contribution in [0.2, 0.25) is 0 Å². The zero-order valence-electron chi connectivity index (χ0n) is 11.5.